The maximum absolute atomic E-state index is 12.5. The van der Waals surface area contributed by atoms with E-state index in [2.05, 4.69) is 25.4 Å². The first-order valence-electron chi connectivity index (χ1n) is 6.37. The van der Waals surface area contributed by atoms with Crippen molar-refractivity contribution in [2.75, 3.05) is 21.3 Å². The third-order valence-corrected chi connectivity index (χ3v) is 5.35. The lowest BCUT2D eigenvalue weighted by atomic mass is 10.2. The third-order valence-electron chi connectivity index (χ3n) is 2.95. The molecule has 0 saturated carbocycles. The summed E-state index contributed by atoms with van der Waals surface area (Å²) in [5, 5.41) is 9.59. The molecule has 0 fully saturated rings. The highest BCUT2D eigenvalue weighted by atomic mass is 79.9. The molecule has 0 aliphatic heterocycles. The molecule has 2 atom stereocenters. The van der Waals surface area contributed by atoms with Crippen LogP contribution in [0.15, 0.2) is 21.5 Å². The molecule has 0 aliphatic rings. The fraction of sp³-hybridized carbons (Fsp3) is 0.462. The predicted octanol–water partition coefficient (Wildman–Crippen LogP) is 0.667. The van der Waals surface area contributed by atoms with Gasteiger partial charge in [0.15, 0.2) is 11.5 Å². The SMILES string of the molecule is COC(=O)[C@@H](NS(=O)(=O)c1cc(OC)c(OC)cc1Br)[C@H](C)O. The topological polar surface area (TPSA) is 111 Å². The van der Waals surface area contributed by atoms with E-state index < -0.39 is 28.1 Å². The van der Waals surface area contributed by atoms with Crippen LogP contribution in [0.3, 0.4) is 0 Å². The van der Waals surface area contributed by atoms with Gasteiger partial charge in [0.25, 0.3) is 0 Å². The Kier molecular flexibility index (Phi) is 6.81. The van der Waals surface area contributed by atoms with Crippen LogP contribution in [0.25, 0.3) is 0 Å². The van der Waals surface area contributed by atoms with Gasteiger partial charge < -0.3 is 19.3 Å². The zero-order valence-electron chi connectivity index (χ0n) is 13.0. The number of hydrogen-bond acceptors (Lipinski definition) is 7. The van der Waals surface area contributed by atoms with Gasteiger partial charge in [0, 0.05) is 10.5 Å². The van der Waals surface area contributed by atoms with Crippen molar-refractivity contribution in [3.63, 3.8) is 0 Å². The maximum Gasteiger partial charge on any atom is 0.326 e. The molecule has 8 nitrogen and oxygen atoms in total. The van der Waals surface area contributed by atoms with E-state index in [9.17, 15) is 18.3 Å². The van der Waals surface area contributed by atoms with Crippen LogP contribution in [0.1, 0.15) is 6.92 Å². The van der Waals surface area contributed by atoms with Crippen molar-refractivity contribution < 1.29 is 32.5 Å². The summed E-state index contributed by atoms with van der Waals surface area (Å²) in [6, 6.07) is 1.22. The Morgan fingerprint density at radius 2 is 1.74 bits per heavy atom. The molecule has 1 rings (SSSR count). The van der Waals surface area contributed by atoms with Crippen molar-refractivity contribution in [1.82, 2.24) is 4.72 Å². The molecule has 23 heavy (non-hydrogen) atoms. The standard InChI is InChI=1S/C13H18BrNO7S/c1-7(16)12(13(17)22-4)15-23(18,19)11-6-10(21-3)9(20-2)5-8(11)14/h5-7,12,15-16H,1-4H3/t7-,12-/m0/s1. The average Bonchev–Trinajstić information content (AvgIpc) is 2.50. The van der Waals surface area contributed by atoms with Crippen LogP contribution in [0.2, 0.25) is 0 Å². The summed E-state index contributed by atoms with van der Waals surface area (Å²) in [6.45, 7) is 1.27. The van der Waals surface area contributed by atoms with Gasteiger partial charge in [-0.25, -0.2) is 8.42 Å². The smallest absolute Gasteiger partial charge is 0.326 e. The molecule has 0 amide bonds. The summed E-state index contributed by atoms with van der Waals surface area (Å²) in [7, 11) is -0.268. The number of benzene rings is 1. The van der Waals surface area contributed by atoms with Gasteiger partial charge in [-0.1, -0.05) is 0 Å². The normalized spacial score (nSPS) is 14.0. The molecular weight excluding hydrogens is 394 g/mol. The fourth-order valence-corrected chi connectivity index (χ4v) is 4.04. The number of nitrogens with one attached hydrogen (secondary N) is 1. The van der Waals surface area contributed by atoms with E-state index in [4.69, 9.17) is 9.47 Å². The summed E-state index contributed by atoms with van der Waals surface area (Å²) >= 11 is 3.13. The van der Waals surface area contributed by atoms with Crippen LogP contribution in [0, 0.1) is 0 Å². The van der Waals surface area contributed by atoms with Crippen molar-refractivity contribution in [1.29, 1.82) is 0 Å². The van der Waals surface area contributed by atoms with Crippen LogP contribution >= 0.6 is 15.9 Å². The highest BCUT2D eigenvalue weighted by Gasteiger charge is 2.32. The minimum Gasteiger partial charge on any atom is -0.493 e. The van der Waals surface area contributed by atoms with Crippen LogP contribution in [0.5, 0.6) is 11.5 Å². The minimum atomic E-state index is -4.14. The van der Waals surface area contributed by atoms with E-state index in [1.54, 1.807) is 0 Å². The number of carbonyl (C=O) groups excluding carboxylic acids is 1. The number of ether oxygens (including phenoxy) is 3. The van der Waals surface area contributed by atoms with E-state index in [-0.39, 0.29) is 15.1 Å². The zero-order chi connectivity index (χ0) is 17.8. The van der Waals surface area contributed by atoms with Gasteiger partial charge in [0.1, 0.15) is 10.9 Å². The lowest BCUT2D eigenvalue weighted by molar-refractivity contribution is -0.145. The van der Waals surface area contributed by atoms with Gasteiger partial charge in [0.2, 0.25) is 10.0 Å². The summed E-state index contributed by atoms with van der Waals surface area (Å²) in [6.07, 6.45) is -1.28. The zero-order valence-corrected chi connectivity index (χ0v) is 15.4. The predicted molar refractivity (Wildman–Crippen MR) is 85.1 cm³/mol. The second kappa shape index (κ2) is 7.95. The molecule has 0 saturated heterocycles. The van der Waals surface area contributed by atoms with E-state index in [1.165, 1.54) is 33.3 Å². The second-order valence-electron chi connectivity index (χ2n) is 4.50. The van der Waals surface area contributed by atoms with Crippen LogP contribution in [-0.4, -0.2) is 53.0 Å². The quantitative estimate of drug-likeness (QED) is 0.634. The second-order valence-corrected chi connectivity index (χ2v) is 7.04. The Morgan fingerprint density at radius 3 is 2.17 bits per heavy atom. The van der Waals surface area contributed by atoms with Crippen molar-refractivity contribution >= 4 is 31.9 Å². The average molecular weight is 412 g/mol. The first kappa shape index (κ1) is 19.7. The Bertz CT molecular complexity index is 675. The lowest BCUT2D eigenvalue weighted by Gasteiger charge is -2.20. The number of rotatable bonds is 7. The van der Waals surface area contributed by atoms with Crippen LogP contribution in [0.4, 0.5) is 0 Å². The lowest BCUT2D eigenvalue weighted by Crippen LogP contribution is -2.48. The van der Waals surface area contributed by atoms with Crippen molar-refractivity contribution in [2.45, 2.75) is 24.0 Å². The molecular formula is C13H18BrNO7S. The number of carbonyl (C=O) groups is 1. The van der Waals surface area contributed by atoms with Gasteiger partial charge in [-0.15, -0.1) is 0 Å². The van der Waals surface area contributed by atoms with Gasteiger partial charge in [-0.05, 0) is 28.9 Å². The number of esters is 1. The molecule has 10 heteroatoms. The summed E-state index contributed by atoms with van der Waals surface area (Å²) in [4.78, 5) is 11.4. The molecule has 0 radical (unpaired) electrons. The highest BCUT2D eigenvalue weighted by Crippen LogP contribution is 2.35. The third kappa shape index (κ3) is 4.56. The van der Waals surface area contributed by atoms with Crippen LogP contribution < -0.4 is 14.2 Å². The van der Waals surface area contributed by atoms with Crippen molar-refractivity contribution in [3.8, 4) is 11.5 Å². The molecule has 0 spiro atoms. The summed E-state index contributed by atoms with van der Waals surface area (Å²) in [5.41, 5.74) is 0. The van der Waals surface area contributed by atoms with Gasteiger partial charge in [-0.3, -0.25) is 4.79 Å². The van der Waals surface area contributed by atoms with Crippen molar-refractivity contribution in [2.24, 2.45) is 0 Å². The number of methoxy groups -OCH3 is 3. The number of aliphatic hydroxyl groups excluding tert-OH is 1. The molecule has 0 unspecified atom stereocenters. The van der Waals surface area contributed by atoms with E-state index >= 15 is 0 Å². The Morgan fingerprint density at radius 1 is 1.22 bits per heavy atom. The molecule has 0 heterocycles. The van der Waals surface area contributed by atoms with Crippen molar-refractivity contribution in [3.05, 3.63) is 16.6 Å². The Balaban J connectivity index is 3.30. The van der Waals surface area contributed by atoms with E-state index in [0.717, 1.165) is 7.11 Å². The number of sulfonamides is 1. The minimum absolute atomic E-state index is 0.176. The monoisotopic (exact) mass is 411 g/mol. The fourth-order valence-electron chi connectivity index (χ4n) is 1.74. The molecule has 0 aromatic heterocycles. The van der Waals surface area contributed by atoms with E-state index in [1.807, 2.05) is 0 Å². The maximum atomic E-state index is 12.5. The number of halogens is 1. The first-order valence-corrected chi connectivity index (χ1v) is 8.65. The highest BCUT2D eigenvalue weighted by molar-refractivity contribution is 9.10. The Labute approximate surface area is 142 Å². The van der Waals surface area contributed by atoms with Gasteiger partial charge in [0.05, 0.1) is 27.4 Å². The Hall–Kier alpha value is -1.36. The molecule has 2 N–H and O–H groups in total. The molecule has 130 valence electrons. The molecule has 0 bridgehead atoms. The molecule has 1 aromatic rings. The summed E-state index contributed by atoms with van der Waals surface area (Å²) < 4.78 is 41.9. The summed E-state index contributed by atoms with van der Waals surface area (Å²) in [5.74, 6) is -0.374. The van der Waals surface area contributed by atoms with Gasteiger partial charge >= 0.3 is 5.97 Å². The van der Waals surface area contributed by atoms with Gasteiger partial charge in [-0.2, -0.15) is 4.72 Å². The van der Waals surface area contributed by atoms with Crippen LogP contribution in [-0.2, 0) is 19.6 Å². The number of aliphatic hydroxyl groups is 1. The van der Waals surface area contributed by atoms with E-state index in [0.29, 0.717) is 5.75 Å². The molecule has 0 aliphatic carbocycles. The first-order chi connectivity index (χ1) is 10.7. The number of hydrogen-bond donors (Lipinski definition) is 2. The molecule has 1 aromatic carbocycles. The largest absolute Gasteiger partial charge is 0.493 e.